The summed E-state index contributed by atoms with van der Waals surface area (Å²) in [6.45, 7) is 0. The van der Waals surface area contributed by atoms with E-state index in [1.165, 1.54) is 0 Å². The summed E-state index contributed by atoms with van der Waals surface area (Å²) in [5.74, 6) is 0.578. The van der Waals surface area contributed by atoms with Gasteiger partial charge in [-0.25, -0.2) is 4.98 Å². The SMILES string of the molecule is Nc1ccc(Cl)nc1Nc1ccccc1. The summed E-state index contributed by atoms with van der Waals surface area (Å²) in [4.78, 5) is 4.10. The number of rotatable bonds is 2. The van der Waals surface area contributed by atoms with Crippen LogP contribution in [0.15, 0.2) is 42.5 Å². The molecule has 0 bridgehead atoms. The Kier molecular flexibility index (Phi) is 2.74. The molecule has 0 saturated heterocycles. The zero-order valence-corrected chi connectivity index (χ0v) is 8.70. The van der Waals surface area contributed by atoms with Crippen molar-refractivity contribution in [2.45, 2.75) is 0 Å². The molecule has 0 aliphatic carbocycles. The van der Waals surface area contributed by atoms with E-state index in [1.807, 2.05) is 30.3 Å². The fraction of sp³-hybridized carbons (Fsp3) is 0. The number of hydrogen-bond acceptors (Lipinski definition) is 3. The van der Waals surface area contributed by atoms with Crippen LogP contribution >= 0.6 is 11.6 Å². The van der Waals surface area contributed by atoms with Crippen LogP contribution in [0.2, 0.25) is 5.15 Å². The molecule has 1 aromatic carbocycles. The summed E-state index contributed by atoms with van der Waals surface area (Å²) in [7, 11) is 0. The Balaban J connectivity index is 2.28. The molecule has 76 valence electrons. The highest BCUT2D eigenvalue weighted by Gasteiger charge is 2.01. The fourth-order valence-electron chi connectivity index (χ4n) is 1.20. The molecular weight excluding hydrogens is 210 g/mol. The fourth-order valence-corrected chi connectivity index (χ4v) is 1.35. The second-order valence-electron chi connectivity index (χ2n) is 3.06. The lowest BCUT2D eigenvalue weighted by molar-refractivity contribution is 1.31. The van der Waals surface area contributed by atoms with E-state index in [0.717, 1.165) is 5.69 Å². The van der Waals surface area contributed by atoms with E-state index in [4.69, 9.17) is 17.3 Å². The molecule has 0 atom stereocenters. The van der Waals surface area contributed by atoms with Gasteiger partial charge >= 0.3 is 0 Å². The predicted molar refractivity (Wildman–Crippen MR) is 63.4 cm³/mol. The van der Waals surface area contributed by atoms with Gasteiger partial charge in [0.05, 0.1) is 5.69 Å². The van der Waals surface area contributed by atoms with E-state index in [1.54, 1.807) is 12.1 Å². The quantitative estimate of drug-likeness (QED) is 0.764. The number of halogens is 1. The van der Waals surface area contributed by atoms with E-state index in [0.29, 0.717) is 16.7 Å². The standard InChI is InChI=1S/C11H10ClN3/c12-10-7-6-9(13)11(15-10)14-8-4-2-1-3-5-8/h1-7H,13H2,(H,14,15). The van der Waals surface area contributed by atoms with Gasteiger partial charge in [-0.15, -0.1) is 0 Å². The van der Waals surface area contributed by atoms with Crippen molar-refractivity contribution in [2.24, 2.45) is 0 Å². The lowest BCUT2D eigenvalue weighted by Gasteiger charge is -2.07. The Labute approximate surface area is 92.9 Å². The number of hydrogen-bond donors (Lipinski definition) is 2. The van der Waals surface area contributed by atoms with Crippen LogP contribution in [0.4, 0.5) is 17.2 Å². The number of nitrogens with one attached hydrogen (secondary N) is 1. The molecule has 0 aliphatic heterocycles. The molecule has 1 aromatic heterocycles. The largest absolute Gasteiger partial charge is 0.396 e. The first-order chi connectivity index (χ1) is 7.25. The number of nitrogens with zero attached hydrogens (tertiary/aromatic N) is 1. The minimum Gasteiger partial charge on any atom is -0.396 e. The minimum absolute atomic E-state index is 0.419. The molecule has 0 aliphatic rings. The van der Waals surface area contributed by atoms with E-state index < -0.39 is 0 Å². The maximum absolute atomic E-state index is 5.78. The highest BCUT2D eigenvalue weighted by Crippen LogP contribution is 2.22. The van der Waals surface area contributed by atoms with Gasteiger partial charge in [0.2, 0.25) is 0 Å². The van der Waals surface area contributed by atoms with Crippen LogP contribution in [0.25, 0.3) is 0 Å². The third-order valence-corrected chi connectivity index (χ3v) is 2.14. The summed E-state index contributed by atoms with van der Waals surface area (Å²) in [5.41, 5.74) is 7.26. The van der Waals surface area contributed by atoms with Crippen molar-refractivity contribution in [3.8, 4) is 0 Å². The van der Waals surface area contributed by atoms with E-state index in [9.17, 15) is 0 Å². The lowest BCUT2D eigenvalue weighted by atomic mass is 10.3. The Morgan fingerprint density at radius 1 is 1.07 bits per heavy atom. The second-order valence-corrected chi connectivity index (χ2v) is 3.45. The van der Waals surface area contributed by atoms with Crippen LogP contribution in [-0.2, 0) is 0 Å². The van der Waals surface area contributed by atoms with Gasteiger partial charge in [-0.1, -0.05) is 29.8 Å². The van der Waals surface area contributed by atoms with E-state index >= 15 is 0 Å². The summed E-state index contributed by atoms with van der Waals surface area (Å²) in [6.07, 6.45) is 0. The van der Waals surface area contributed by atoms with Crippen LogP contribution in [0.3, 0.4) is 0 Å². The second kappa shape index (κ2) is 4.19. The molecule has 1 heterocycles. The van der Waals surface area contributed by atoms with Gasteiger partial charge in [0.15, 0.2) is 5.82 Å². The summed E-state index contributed by atoms with van der Waals surface area (Å²) < 4.78 is 0. The molecule has 2 aromatic rings. The maximum atomic E-state index is 5.78. The van der Waals surface area contributed by atoms with Gasteiger partial charge in [-0.05, 0) is 24.3 Å². The van der Waals surface area contributed by atoms with Crippen molar-refractivity contribution in [1.29, 1.82) is 0 Å². The number of para-hydroxylation sites is 1. The first kappa shape index (κ1) is 9.80. The van der Waals surface area contributed by atoms with E-state index in [-0.39, 0.29) is 0 Å². The number of aromatic nitrogens is 1. The highest BCUT2D eigenvalue weighted by atomic mass is 35.5. The van der Waals surface area contributed by atoms with Crippen molar-refractivity contribution in [3.63, 3.8) is 0 Å². The molecule has 0 spiro atoms. The van der Waals surface area contributed by atoms with Crippen molar-refractivity contribution in [3.05, 3.63) is 47.6 Å². The highest BCUT2D eigenvalue weighted by molar-refractivity contribution is 6.29. The number of benzene rings is 1. The Bertz CT molecular complexity index is 457. The Hall–Kier alpha value is -1.74. The minimum atomic E-state index is 0.419. The number of nitrogen functional groups attached to an aromatic ring is 1. The zero-order chi connectivity index (χ0) is 10.7. The van der Waals surface area contributed by atoms with Gasteiger partial charge in [0, 0.05) is 5.69 Å². The smallest absolute Gasteiger partial charge is 0.155 e. The van der Waals surface area contributed by atoms with E-state index in [2.05, 4.69) is 10.3 Å². The monoisotopic (exact) mass is 219 g/mol. The lowest BCUT2D eigenvalue weighted by Crippen LogP contribution is -1.98. The third-order valence-electron chi connectivity index (χ3n) is 1.93. The Morgan fingerprint density at radius 3 is 2.53 bits per heavy atom. The predicted octanol–water partition coefficient (Wildman–Crippen LogP) is 3.06. The average molecular weight is 220 g/mol. The van der Waals surface area contributed by atoms with Gasteiger partial charge in [0.25, 0.3) is 0 Å². The first-order valence-electron chi connectivity index (χ1n) is 4.50. The Morgan fingerprint density at radius 2 is 1.80 bits per heavy atom. The van der Waals surface area contributed by atoms with Crippen molar-refractivity contribution >= 4 is 28.8 Å². The maximum Gasteiger partial charge on any atom is 0.155 e. The third kappa shape index (κ3) is 2.39. The van der Waals surface area contributed by atoms with Crippen LogP contribution in [0.5, 0.6) is 0 Å². The summed E-state index contributed by atoms with van der Waals surface area (Å²) in [5, 5.41) is 3.51. The van der Waals surface area contributed by atoms with Crippen LogP contribution < -0.4 is 11.1 Å². The van der Waals surface area contributed by atoms with Crippen LogP contribution in [0.1, 0.15) is 0 Å². The molecule has 4 heteroatoms. The number of anilines is 3. The normalized spacial score (nSPS) is 9.93. The molecular formula is C11H10ClN3. The average Bonchev–Trinajstić information content (AvgIpc) is 2.25. The molecule has 0 fully saturated rings. The molecule has 3 nitrogen and oxygen atoms in total. The molecule has 0 unspecified atom stereocenters. The van der Waals surface area contributed by atoms with Gasteiger partial charge in [-0.3, -0.25) is 0 Å². The van der Waals surface area contributed by atoms with Gasteiger partial charge in [0.1, 0.15) is 5.15 Å². The molecule has 15 heavy (non-hydrogen) atoms. The number of pyridine rings is 1. The van der Waals surface area contributed by atoms with Crippen molar-refractivity contribution in [2.75, 3.05) is 11.1 Å². The molecule has 0 saturated carbocycles. The number of nitrogens with two attached hydrogens (primary N) is 1. The molecule has 0 amide bonds. The van der Waals surface area contributed by atoms with Crippen molar-refractivity contribution in [1.82, 2.24) is 4.98 Å². The van der Waals surface area contributed by atoms with Gasteiger partial charge in [-0.2, -0.15) is 0 Å². The zero-order valence-electron chi connectivity index (χ0n) is 7.94. The molecule has 0 radical (unpaired) electrons. The summed E-state index contributed by atoms with van der Waals surface area (Å²) >= 11 is 5.78. The first-order valence-corrected chi connectivity index (χ1v) is 4.87. The topological polar surface area (TPSA) is 50.9 Å². The summed E-state index contributed by atoms with van der Waals surface area (Å²) in [6, 6.07) is 13.1. The molecule has 2 rings (SSSR count). The molecule has 3 N–H and O–H groups in total. The van der Waals surface area contributed by atoms with Crippen LogP contribution in [0, 0.1) is 0 Å². The van der Waals surface area contributed by atoms with Crippen LogP contribution in [-0.4, -0.2) is 4.98 Å². The van der Waals surface area contributed by atoms with Crippen molar-refractivity contribution < 1.29 is 0 Å². The van der Waals surface area contributed by atoms with Gasteiger partial charge < -0.3 is 11.1 Å².